The van der Waals surface area contributed by atoms with Crippen LogP contribution >= 0.6 is 0 Å². The van der Waals surface area contributed by atoms with Gasteiger partial charge in [0.15, 0.2) is 11.6 Å². The molecule has 0 bridgehead atoms. The first-order valence-corrected chi connectivity index (χ1v) is 11.3. The number of nitrogens with zero attached hydrogens (tertiary/aromatic N) is 4. The topological polar surface area (TPSA) is 107 Å². The molecule has 9 heteroatoms. The van der Waals surface area contributed by atoms with E-state index in [0.717, 1.165) is 5.56 Å². The fourth-order valence-corrected chi connectivity index (χ4v) is 4.89. The van der Waals surface area contributed by atoms with Crippen LogP contribution in [-0.4, -0.2) is 34.2 Å². The predicted molar refractivity (Wildman–Crippen MR) is 121 cm³/mol. The largest absolute Gasteiger partial charge is 0.295 e. The van der Waals surface area contributed by atoms with Crippen molar-refractivity contribution in [2.45, 2.75) is 25.7 Å². The third-order valence-electron chi connectivity index (χ3n) is 4.95. The van der Waals surface area contributed by atoms with E-state index < -0.39 is 10.0 Å². The van der Waals surface area contributed by atoms with E-state index in [1.165, 1.54) is 17.7 Å². The number of ketones is 1. The number of aryl methyl sites for hydroxylation is 1. The molecule has 0 aliphatic rings. The second-order valence-electron chi connectivity index (χ2n) is 7.30. The lowest BCUT2D eigenvalue weighted by atomic mass is 10.1. The lowest BCUT2D eigenvalue weighted by molar-refractivity contribution is 0.101. The van der Waals surface area contributed by atoms with Crippen molar-refractivity contribution in [3.8, 4) is 17.1 Å². The summed E-state index contributed by atoms with van der Waals surface area (Å²) in [4.78, 5) is 11.7. The molecule has 32 heavy (non-hydrogen) atoms. The molecule has 0 radical (unpaired) electrons. The van der Waals surface area contributed by atoms with E-state index >= 15 is 0 Å². The average Bonchev–Trinajstić information content (AvgIpc) is 3.09. The minimum Gasteiger partial charge on any atom is -0.295 e. The SMILES string of the molecule is CC(=O)c1cccc(NS(=O)(=O)c2c(C)nn(-c3ccc(-c4ccccc4)nn3)c2C)c1. The molecule has 0 saturated carbocycles. The molecule has 0 unspecified atom stereocenters. The van der Waals surface area contributed by atoms with Gasteiger partial charge in [0, 0.05) is 16.8 Å². The highest BCUT2D eigenvalue weighted by Crippen LogP contribution is 2.25. The van der Waals surface area contributed by atoms with Gasteiger partial charge in [-0.25, -0.2) is 13.1 Å². The molecule has 2 aromatic carbocycles. The van der Waals surface area contributed by atoms with E-state index in [1.807, 2.05) is 36.4 Å². The number of nitrogens with one attached hydrogen (secondary N) is 1. The van der Waals surface area contributed by atoms with Crippen LogP contribution in [0.15, 0.2) is 71.6 Å². The van der Waals surface area contributed by atoms with Gasteiger partial charge in [-0.05, 0) is 45.0 Å². The zero-order valence-corrected chi connectivity index (χ0v) is 18.6. The van der Waals surface area contributed by atoms with E-state index in [4.69, 9.17) is 0 Å². The van der Waals surface area contributed by atoms with Gasteiger partial charge in [0.2, 0.25) is 0 Å². The van der Waals surface area contributed by atoms with Crippen LogP contribution in [0.4, 0.5) is 5.69 Å². The van der Waals surface area contributed by atoms with Gasteiger partial charge in [0.1, 0.15) is 4.90 Å². The molecular formula is C23H21N5O3S. The summed E-state index contributed by atoms with van der Waals surface area (Å²) in [5.41, 5.74) is 3.08. The summed E-state index contributed by atoms with van der Waals surface area (Å²) in [6.07, 6.45) is 0. The van der Waals surface area contributed by atoms with Crippen LogP contribution in [0.3, 0.4) is 0 Å². The average molecular weight is 448 g/mol. The molecule has 2 aromatic heterocycles. The molecule has 0 aliphatic heterocycles. The molecule has 0 spiro atoms. The van der Waals surface area contributed by atoms with Crippen molar-refractivity contribution >= 4 is 21.5 Å². The Kier molecular flexibility index (Phi) is 5.58. The molecular weight excluding hydrogens is 426 g/mol. The number of rotatable bonds is 6. The molecule has 2 heterocycles. The Balaban J connectivity index is 1.67. The first-order valence-electron chi connectivity index (χ1n) is 9.86. The van der Waals surface area contributed by atoms with Gasteiger partial charge in [-0.2, -0.15) is 5.10 Å². The molecule has 0 aliphatic carbocycles. The van der Waals surface area contributed by atoms with Gasteiger partial charge >= 0.3 is 0 Å². The highest BCUT2D eigenvalue weighted by Gasteiger charge is 2.26. The van der Waals surface area contributed by atoms with Crippen LogP contribution in [0, 0.1) is 13.8 Å². The molecule has 4 rings (SSSR count). The first kappa shape index (κ1) is 21.4. The molecule has 8 nitrogen and oxygen atoms in total. The van der Waals surface area contributed by atoms with Crippen molar-refractivity contribution in [1.29, 1.82) is 0 Å². The number of benzene rings is 2. The summed E-state index contributed by atoms with van der Waals surface area (Å²) in [6.45, 7) is 4.71. The Morgan fingerprint density at radius 2 is 1.69 bits per heavy atom. The van der Waals surface area contributed by atoms with Crippen LogP contribution in [0.2, 0.25) is 0 Å². The molecule has 0 amide bonds. The Hall–Kier alpha value is -3.85. The third kappa shape index (κ3) is 4.15. The lowest BCUT2D eigenvalue weighted by Gasteiger charge is -2.10. The summed E-state index contributed by atoms with van der Waals surface area (Å²) in [5.74, 6) is 0.258. The maximum atomic E-state index is 13.1. The summed E-state index contributed by atoms with van der Waals surface area (Å²) in [6, 6.07) is 19.5. The molecule has 1 N–H and O–H groups in total. The maximum Gasteiger partial charge on any atom is 0.265 e. The van der Waals surface area contributed by atoms with Crippen molar-refractivity contribution in [2.75, 3.05) is 4.72 Å². The number of aromatic nitrogens is 4. The minimum atomic E-state index is -3.95. The van der Waals surface area contributed by atoms with Crippen LogP contribution in [0.5, 0.6) is 0 Å². The quantitative estimate of drug-likeness (QED) is 0.449. The Morgan fingerprint density at radius 1 is 0.938 bits per heavy atom. The second-order valence-corrected chi connectivity index (χ2v) is 8.92. The highest BCUT2D eigenvalue weighted by atomic mass is 32.2. The van der Waals surface area contributed by atoms with E-state index in [9.17, 15) is 13.2 Å². The monoisotopic (exact) mass is 447 g/mol. The Bertz CT molecular complexity index is 1400. The third-order valence-corrected chi connectivity index (χ3v) is 6.58. The number of carbonyl (C=O) groups is 1. The van der Waals surface area contributed by atoms with E-state index in [1.54, 1.807) is 38.1 Å². The van der Waals surface area contributed by atoms with Gasteiger partial charge in [0.05, 0.1) is 17.1 Å². The molecule has 162 valence electrons. The molecule has 4 aromatic rings. The van der Waals surface area contributed by atoms with Crippen molar-refractivity contribution in [3.05, 3.63) is 83.7 Å². The van der Waals surface area contributed by atoms with Crippen molar-refractivity contribution in [2.24, 2.45) is 0 Å². The highest BCUT2D eigenvalue weighted by molar-refractivity contribution is 7.92. The number of carbonyl (C=O) groups excluding carboxylic acids is 1. The Morgan fingerprint density at radius 3 is 2.34 bits per heavy atom. The Labute approximate surface area is 186 Å². The van der Waals surface area contributed by atoms with Crippen molar-refractivity contribution in [1.82, 2.24) is 20.0 Å². The van der Waals surface area contributed by atoms with Crippen molar-refractivity contribution < 1.29 is 13.2 Å². The zero-order valence-electron chi connectivity index (χ0n) is 17.8. The number of anilines is 1. The summed E-state index contributed by atoms with van der Waals surface area (Å²) in [5, 5.41) is 12.9. The molecule has 0 saturated heterocycles. The van der Waals surface area contributed by atoms with Gasteiger partial charge < -0.3 is 0 Å². The maximum absolute atomic E-state index is 13.1. The zero-order chi connectivity index (χ0) is 22.9. The smallest absolute Gasteiger partial charge is 0.265 e. The summed E-state index contributed by atoms with van der Waals surface area (Å²) in [7, 11) is -3.95. The summed E-state index contributed by atoms with van der Waals surface area (Å²) < 4.78 is 30.2. The van der Waals surface area contributed by atoms with Crippen LogP contribution in [0.25, 0.3) is 17.1 Å². The normalized spacial score (nSPS) is 11.3. The van der Waals surface area contributed by atoms with Gasteiger partial charge in [-0.15, -0.1) is 10.2 Å². The van der Waals surface area contributed by atoms with Gasteiger partial charge in [-0.1, -0.05) is 42.5 Å². The van der Waals surface area contributed by atoms with Crippen LogP contribution in [0.1, 0.15) is 28.7 Å². The predicted octanol–water partition coefficient (Wildman–Crippen LogP) is 3.95. The van der Waals surface area contributed by atoms with E-state index in [2.05, 4.69) is 20.0 Å². The number of Topliss-reactive ketones (excluding diaryl/α,β-unsaturated/α-hetero) is 1. The first-order chi connectivity index (χ1) is 15.3. The molecule has 0 fully saturated rings. The second kappa shape index (κ2) is 8.35. The minimum absolute atomic E-state index is 0.0552. The van der Waals surface area contributed by atoms with E-state index in [-0.39, 0.29) is 10.7 Å². The fraction of sp³-hybridized carbons (Fsp3) is 0.130. The van der Waals surface area contributed by atoms with Crippen molar-refractivity contribution in [3.63, 3.8) is 0 Å². The van der Waals surface area contributed by atoms with E-state index in [0.29, 0.717) is 34.2 Å². The molecule has 0 atom stereocenters. The lowest BCUT2D eigenvalue weighted by Crippen LogP contribution is -2.15. The number of hydrogen-bond acceptors (Lipinski definition) is 6. The number of sulfonamides is 1. The standard InChI is InChI=1S/C23H21N5O3S/c1-15-23(32(30,31)27-20-11-7-10-19(14-20)17(3)29)16(2)28(26-15)22-13-12-21(24-25-22)18-8-5-4-6-9-18/h4-14,27H,1-3H3. The fourth-order valence-electron chi connectivity index (χ4n) is 3.45. The van der Waals surface area contributed by atoms with Gasteiger partial charge in [0.25, 0.3) is 10.0 Å². The van der Waals surface area contributed by atoms with Crippen LogP contribution < -0.4 is 4.72 Å². The number of hydrogen-bond donors (Lipinski definition) is 1. The summed E-state index contributed by atoms with van der Waals surface area (Å²) >= 11 is 0. The van der Waals surface area contributed by atoms with Gasteiger partial charge in [-0.3, -0.25) is 9.52 Å². The van der Waals surface area contributed by atoms with Crippen LogP contribution in [-0.2, 0) is 10.0 Å².